The zero-order chi connectivity index (χ0) is 27.3. The number of ether oxygens (including phenoxy) is 3. The van der Waals surface area contributed by atoms with E-state index in [-0.39, 0.29) is 25.2 Å². The molecule has 0 saturated carbocycles. The van der Waals surface area contributed by atoms with E-state index >= 15 is 0 Å². The summed E-state index contributed by atoms with van der Waals surface area (Å²) in [6, 6.07) is 15.2. The summed E-state index contributed by atoms with van der Waals surface area (Å²) in [7, 11) is 1.20. The van der Waals surface area contributed by atoms with E-state index in [1.807, 2.05) is 30.3 Å². The van der Waals surface area contributed by atoms with E-state index in [4.69, 9.17) is 9.47 Å². The number of anilines is 1. The van der Waals surface area contributed by atoms with Crippen LogP contribution in [0.4, 0.5) is 23.7 Å². The highest BCUT2D eigenvalue weighted by atomic mass is 19.4. The molecule has 4 rings (SSSR count). The van der Waals surface area contributed by atoms with Gasteiger partial charge in [0.1, 0.15) is 24.2 Å². The number of hydrogen-bond donors (Lipinski definition) is 0. The monoisotopic (exact) mass is 533 g/mol. The zero-order valence-corrected chi connectivity index (χ0v) is 21.2. The lowest BCUT2D eigenvalue weighted by Gasteiger charge is -2.31. The van der Waals surface area contributed by atoms with Crippen LogP contribution in [0.15, 0.2) is 59.7 Å². The van der Waals surface area contributed by atoms with Crippen molar-refractivity contribution in [3.8, 4) is 5.75 Å². The van der Waals surface area contributed by atoms with E-state index in [1.165, 1.54) is 19.0 Å². The molecule has 1 saturated heterocycles. The molecule has 11 heteroatoms. The molecule has 0 aliphatic carbocycles. The lowest BCUT2D eigenvalue weighted by atomic mass is 9.94. The van der Waals surface area contributed by atoms with E-state index in [0.717, 1.165) is 5.56 Å². The van der Waals surface area contributed by atoms with Crippen molar-refractivity contribution in [2.24, 2.45) is 11.0 Å². The zero-order valence-electron chi connectivity index (χ0n) is 21.2. The van der Waals surface area contributed by atoms with Gasteiger partial charge in [-0.1, -0.05) is 37.3 Å². The van der Waals surface area contributed by atoms with E-state index < -0.39 is 29.8 Å². The number of methoxy groups -OCH3 is 1. The minimum Gasteiger partial charge on any atom is -0.490 e. The van der Waals surface area contributed by atoms with E-state index in [1.54, 1.807) is 29.2 Å². The van der Waals surface area contributed by atoms with Crippen molar-refractivity contribution < 1.29 is 37.0 Å². The fourth-order valence-corrected chi connectivity index (χ4v) is 4.59. The van der Waals surface area contributed by atoms with Crippen LogP contribution in [-0.4, -0.2) is 61.2 Å². The first-order valence-electron chi connectivity index (χ1n) is 12.4. The van der Waals surface area contributed by atoms with Gasteiger partial charge in [-0.25, -0.2) is 4.79 Å². The first-order valence-corrected chi connectivity index (χ1v) is 12.4. The quantitative estimate of drug-likeness (QED) is 0.457. The van der Waals surface area contributed by atoms with Crippen molar-refractivity contribution in [3.05, 3.63) is 60.2 Å². The van der Waals surface area contributed by atoms with Crippen LogP contribution in [0, 0.1) is 5.92 Å². The van der Waals surface area contributed by atoms with Crippen LogP contribution >= 0.6 is 0 Å². The highest BCUT2D eigenvalue weighted by molar-refractivity contribution is 5.96. The van der Waals surface area contributed by atoms with Gasteiger partial charge in [-0.3, -0.25) is 9.80 Å². The predicted octanol–water partition coefficient (Wildman–Crippen LogP) is 5.17. The number of benzene rings is 2. The number of halogens is 3. The number of nitrogens with zero attached hydrogens (tertiary/aromatic N) is 3. The summed E-state index contributed by atoms with van der Waals surface area (Å²) in [4.78, 5) is 25.9. The summed E-state index contributed by atoms with van der Waals surface area (Å²) in [6.45, 7) is 2.60. The highest BCUT2D eigenvalue weighted by Crippen LogP contribution is 2.37. The van der Waals surface area contributed by atoms with E-state index in [2.05, 4.69) is 9.84 Å². The average molecular weight is 534 g/mol. The summed E-state index contributed by atoms with van der Waals surface area (Å²) in [5.74, 6) is -1.06. The maximum Gasteiger partial charge on any atom is 0.431 e. The normalized spacial score (nSPS) is 20.2. The van der Waals surface area contributed by atoms with Gasteiger partial charge in [0, 0.05) is 31.8 Å². The number of amides is 1. The second-order valence-corrected chi connectivity index (χ2v) is 9.30. The predicted molar refractivity (Wildman–Crippen MR) is 134 cm³/mol. The van der Waals surface area contributed by atoms with Crippen molar-refractivity contribution in [1.29, 1.82) is 0 Å². The van der Waals surface area contributed by atoms with Gasteiger partial charge in [0.25, 0.3) is 0 Å². The molecule has 2 aliphatic heterocycles. The van der Waals surface area contributed by atoms with Crippen LogP contribution < -0.4 is 9.75 Å². The fraction of sp³-hybridized carbons (Fsp3) is 0.444. The van der Waals surface area contributed by atoms with Crippen molar-refractivity contribution in [2.75, 3.05) is 25.2 Å². The van der Waals surface area contributed by atoms with Gasteiger partial charge < -0.3 is 19.1 Å². The number of carbonyl (C=O) groups is 2. The van der Waals surface area contributed by atoms with Gasteiger partial charge in [-0.15, -0.1) is 0 Å². The Hall–Kier alpha value is -3.76. The second kappa shape index (κ2) is 11.7. The summed E-state index contributed by atoms with van der Waals surface area (Å²) in [5.41, 5.74) is 0.400. The van der Waals surface area contributed by atoms with E-state index in [0.29, 0.717) is 37.4 Å². The Balaban J connectivity index is 1.32. The number of alkyl halides is 3. The van der Waals surface area contributed by atoms with Crippen LogP contribution in [0.2, 0.25) is 0 Å². The summed E-state index contributed by atoms with van der Waals surface area (Å²) in [6.07, 6.45) is -4.08. The Morgan fingerprint density at radius 3 is 2.29 bits per heavy atom. The smallest absolute Gasteiger partial charge is 0.431 e. The van der Waals surface area contributed by atoms with Crippen LogP contribution in [0.3, 0.4) is 0 Å². The molecule has 0 N–H and O–H groups in total. The number of likely N-dealkylation sites (tertiary alicyclic amines) is 1. The van der Waals surface area contributed by atoms with Crippen LogP contribution in [0.5, 0.6) is 5.75 Å². The maximum absolute atomic E-state index is 13.5. The summed E-state index contributed by atoms with van der Waals surface area (Å²) in [5, 5.41) is 5.04. The maximum atomic E-state index is 13.5. The van der Waals surface area contributed by atoms with Gasteiger partial charge >= 0.3 is 18.2 Å². The fourth-order valence-electron chi connectivity index (χ4n) is 4.59. The third kappa shape index (κ3) is 6.56. The van der Waals surface area contributed by atoms with Crippen LogP contribution in [0.25, 0.3) is 0 Å². The Bertz CT molecular complexity index is 1130. The SMILES string of the molecule is COC(=O)C[C@H]1[C@H](C)C(C(F)(F)F)=NN1c1ccc(OC2CCN(C(=O)OCc3ccccc3)CC2)cc1. The number of carbonyl (C=O) groups excluding carboxylic acids is 2. The molecule has 0 spiro atoms. The van der Waals surface area contributed by atoms with Gasteiger partial charge in [-0.05, 0) is 29.8 Å². The standard InChI is InChI=1S/C27H30F3N3O5/c1-18-23(16-24(34)36-2)33(31-25(18)27(28,29)30)20-8-10-21(11-9-20)38-22-12-14-32(15-13-22)26(35)37-17-19-6-4-3-5-7-19/h3-11,18,22-23H,12-17H2,1-2H3/t18-,23-/m0/s1. The van der Waals surface area contributed by atoms with Crippen LogP contribution in [0.1, 0.15) is 31.7 Å². The molecule has 0 aromatic heterocycles. The van der Waals surface area contributed by atoms with Crippen LogP contribution in [-0.2, 0) is 20.9 Å². The Morgan fingerprint density at radius 2 is 1.68 bits per heavy atom. The third-order valence-corrected chi connectivity index (χ3v) is 6.74. The van der Waals surface area contributed by atoms with Gasteiger partial charge in [0.2, 0.25) is 0 Å². The highest BCUT2D eigenvalue weighted by Gasteiger charge is 2.48. The van der Waals surface area contributed by atoms with Gasteiger partial charge in [0.15, 0.2) is 0 Å². The average Bonchev–Trinajstić information content (AvgIpc) is 3.24. The van der Waals surface area contributed by atoms with Crippen molar-refractivity contribution >= 4 is 23.5 Å². The molecule has 2 aliphatic rings. The lowest BCUT2D eigenvalue weighted by Crippen LogP contribution is -2.42. The molecular formula is C27H30F3N3O5. The van der Waals surface area contributed by atoms with Crippen molar-refractivity contribution in [3.63, 3.8) is 0 Å². The summed E-state index contributed by atoms with van der Waals surface area (Å²) < 4.78 is 56.6. The molecule has 2 heterocycles. The summed E-state index contributed by atoms with van der Waals surface area (Å²) >= 11 is 0. The molecule has 1 amide bonds. The lowest BCUT2D eigenvalue weighted by molar-refractivity contribution is -0.141. The molecule has 204 valence electrons. The Kier molecular flexibility index (Phi) is 8.43. The first kappa shape index (κ1) is 27.3. The Morgan fingerprint density at radius 1 is 1.03 bits per heavy atom. The molecule has 38 heavy (non-hydrogen) atoms. The molecule has 0 radical (unpaired) electrons. The second-order valence-electron chi connectivity index (χ2n) is 9.30. The molecule has 8 nitrogen and oxygen atoms in total. The molecule has 2 atom stereocenters. The minimum absolute atomic E-state index is 0.118. The number of hydrogen-bond acceptors (Lipinski definition) is 7. The largest absolute Gasteiger partial charge is 0.490 e. The van der Waals surface area contributed by atoms with Gasteiger partial charge in [-0.2, -0.15) is 18.3 Å². The van der Waals surface area contributed by atoms with Crippen molar-refractivity contribution in [2.45, 2.75) is 51.1 Å². The molecular weight excluding hydrogens is 503 g/mol. The number of rotatable bonds is 7. The molecule has 2 aromatic rings. The molecule has 0 unspecified atom stereocenters. The minimum atomic E-state index is -4.60. The van der Waals surface area contributed by atoms with Crippen molar-refractivity contribution in [1.82, 2.24) is 4.90 Å². The number of piperidine rings is 1. The van der Waals surface area contributed by atoms with E-state index in [9.17, 15) is 22.8 Å². The topological polar surface area (TPSA) is 80.7 Å². The van der Waals surface area contributed by atoms with Gasteiger partial charge in [0.05, 0.1) is 25.3 Å². The first-order chi connectivity index (χ1) is 18.2. The Labute approximate surface area is 218 Å². The number of esters is 1. The molecule has 2 aromatic carbocycles. The third-order valence-electron chi connectivity index (χ3n) is 6.74. The number of hydrazone groups is 1. The molecule has 1 fully saturated rings. The molecule has 0 bridgehead atoms.